The minimum absolute atomic E-state index is 0.0260. The molecule has 37 heavy (non-hydrogen) atoms. The Kier molecular flexibility index (Phi) is 8.74. The zero-order chi connectivity index (χ0) is 26.4. The Balaban J connectivity index is 1.55. The second kappa shape index (κ2) is 12.2. The van der Waals surface area contributed by atoms with Crippen molar-refractivity contribution >= 4 is 17.8 Å². The standard InChI is InChI=1S/C29H37N5O3/c1-21(2)28(36)33(13-12-32-14-16-37-17-15-32)20-27(35)31-29-30-26(24-8-6-5-7-9-24)19-34(29)25-11-10-22(3)23(4)18-25/h5-11,18-19,21H,12-17,20H2,1-4H3,(H,30,31,35). The highest BCUT2D eigenvalue weighted by Crippen LogP contribution is 2.25. The predicted molar refractivity (Wildman–Crippen MR) is 146 cm³/mol. The molecule has 0 saturated carbocycles. The van der Waals surface area contributed by atoms with Gasteiger partial charge in [-0.2, -0.15) is 0 Å². The highest BCUT2D eigenvalue weighted by atomic mass is 16.5. The Morgan fingerprint density at radius 1 is 1.05 bits per heavy atom. The lowest BCUT2D eigenvalue weighted by Gasteiger charge is -2.30. The SMILES string of the molecule is Cc1ccc(-n2cc(-c3ccccc3)nc2NC(=O)CN(CCN2CCOCC2)C(=O)C(C)C)cc1C. The second-order valence-electron chi connectivity index (χ2n) is 9.87. The summed E-state index contributed by atoms with van der Waals surface area (Å²) < 4.78 is 7.32. The molecule has 3 aromatic rings. The number of nitrogens with one attached hydrogen (secondary N) is 1. The van der Waals surface area contributed by atoms with Crippen LogP contribution in [0.1, 0.15) is 25.0 Å². The van der Waals surface area contributed by atoms with Gasteiger partial charge in [-0.25, -0.2) is 4.98 Å². The summed E-state index contributed by atoms with van der Waals surface area (Å²) in [6.07, 6.45) is 1.94. The van der Waals surface area contributed by atoms with Crippen molar-refractivity contribution in [2.75, 3.05) is 51.3 Å². The second-order valence-corrected chi connectivity index (χ2v) is 9.87. The first-order valence-corrected chi connectivity index (χ1v) is 12.9. The van der Waals surface area contributed by atoms with E-state index in [1.807, 2.05) is 61.0 Å². The van der Waals surface area contributed by atoms with Crippen molar-refractivity contribution < 1.29 is 14.3 Å². The van der Waals surface area contributed by atoms with Gasteiger partial charge in [0.25, 0.3) is 0 Å². The molecule has 8 heteroatoms. The molecule has 2 amide bonds. The molecule has 2 heterocycles. The molecule has 0 bridgehead atoms. The van der Waals surface area contributed by atoms with Crippen molar-refractivity contribution in [2.24, 2.45) is 5.92 Å². The first-order valence-electron chi connectivity index (χ1n) is 12.9. The third-order valence-corrected chi connectivity index (χ3v) is 6.73. The van der Waals surface area contributed by atoms with Crippen LogP contribution < -0.4 is 5.32 Å². The van der Waals surface area contributed by atoms with Crippen molar-refractivity contribution in [1.82, 2.24) is 19.4 Å². The van der Waals surface area contributed by atoms with E-state index in [0.717, 1.165) is 35.6 Å². The molecule has 0 unspecified atom stereocenters. The molecule has 1 saturated heterocycles. The van der Waals surface area contributed by atoms with E-state index in [1.165, 1.54) is 5.56 Å². The third-order valence-electron chi connectivity index (χ3n) is 6.73. The summed E-state index contributed by atoms with van der Waals surface area (Å²) in [5.41, 5.74) is 4.98. The van der Waals surface area contributed by atoms with E-state index in [1.54, 1.807) is 4.90 Å². The summed E-state index contributed by atoms with van der Waals surface area (Å²) >= 11 is 0. The Bertz CT molecular complexity index is 1220. The molecule has 196 valence electrons. The number of carbonyl (C=O) groups excluding carboxylic acids is 2. The van der Waals surface area contributed by atoms with Gasteiger partial charge in [0.15, 0.2) is 0 Å². The van der Waals surface area contributed by atoms with Crippen LogP contribution in [-0.2, 0) is 14.3 Å². The molecule has 1 N–H and O–H groups in total. The van der Waals surface area contributed by atoms with E-state index in [4.69, 9.17) is 9.72 Å². The zero-order valence-corrected chi connectivity index (χ0v) is 22.2. The molecule has 8 nitrogen and oxygen atoms in total. The van der Waals surface area contributed by atoms with Gasteiger partial charge in [-0.1, -0.05) is 50.2 Å². The van der Waals surface area contributed by atoms with Gasteiger partial charge >= 0.3 is 0 Å². The van der Waals surface area contributed by atoms with Gasteiger partial charge in [0, 0.05) is 49.5 Å². The maximum atomic E-state index is 13.3. The first-order chi connectivity index (χ1) is 17.8. The van der Waals surface area contributed by atoms with E-state index >= 15 is 0 Å². The number of imidazole rings is 1. The summed E-state index contributed by atoms with van der Waals surface area (Å²) in [6, 6.07) is 16.0. The van der Waals surface area contributed by atoms with Crippen LogP contribution in [0.5, 0.6) is 0 Å². The van der Waals surface area contributed by atoms with Crippen LogP contribution in [-0.4, -0.2) is 77.1 Å². The molecule has 1 aromatic heterocycles. The van der Waals surface area contributed by atoms with Crippen molar-refractivity contribution in [1.29, 1.82) is 0 Å². The average Bonchev–Trinajstić information content (AvgIpc) is 3.32. The summed E-state index contributed by atoms with van der Waals surface area (Å²) in [5.74, 6) is -0.0749. The number of hydrogen-bond donors (Lipinski definition) is 1. The van der Waals surface area contributed by atoms with E-state index in [-0.39, 0.29) is 24.3 Å². The summed E-state index contributed by atoms with van der Waals surface area (Å²) in [5, 5.41) is 2.98. The van der Waals surface area contributed by atoms with Crippen LogP contribution in [0.3, 0.4) is 0 Å². The number of amides is 2. The highest BCUT2D eigenvalue weighted by molar-refractivity contribution is 5.94. The molecule has 0 radical (unpaired) electrons. The van der Waals surface area contributed by atoms with Gasteiger partial charge in [0.2, 0.25) is 17.8 Å². The van der Waals surface area contributed by atoms with Gasteiger partial charge < -0.3 is 9.64 Å². The summed E-state index contributed by atoms with van der Waals surface area (Å²) in [6.45, 7) is 12.1. The Hall–Kier alpha value is -3.49. The van der Waals surface area contributed by atoms with Crippen molar-refractivity contribution in [3.8, 4) is 16.9 Å². The average molecular weight is 504 g/mol. The van der Waals surface area contributed by atoms with Gasteiger partial charge in [0.1, 0.15) is 0 Å². The fourth-order valence-corrected chi connectivity index (χ4v) is 4.35. The molecule has 4 rings (SSSR count). The number of rotatable bonds is 9. The molecule has 1 aliphatic rings. The number of morpholine rings is 1. The quantitative estimate of drug-likeness (QED) is 0.479. The Morgan fingerprint density at radius 2 is 1.78 bits per heavy atom. The maximum Gasteiger partial charge on any atom is 0.246 e. The lowest BCUT2D eigenvalue weighted by atomic mass is 10.1. The number of carbonyl (C=O) groups is 2. The predicted octanol–water partition coefficient (Wildman–Crippen LogP) is 3.91. The molecule has 1 aliphatic heterocycles. The van der Waals surface area contributed by atoms with E-state index in [9.17, 15) is 9.59 Å². The van der Waals surface area contributed by atoms with Gasteiger partial charge in [-0.05, 0) is 37.1 Å². The number of nitrogens with zero attached hydrogens (tertiary/aromatic N) is 4. The zero-order valence-electron chi connectivity index (χ0n) is 22.2. The third kappa shape index (κ3) is 6.84. The molecule has 0 aliphatic carbocycles. The van der Waals surface area contributed by atoms with Gasteiger partial charge in [-0.15, -0.1) is 0 Å². The van der Waals surface area contributed by atoms with Crippen LogP contribution >= 0.6 is 0 Å². The summed E-state index contributed by atoms with van der Waals surface area (Å²) in [7, 11) is 0. The lowest BCUT2D eigenvalue weighted by Crippen LogP contribution is -2.46. The van der Waals surface area contributed by atoms with E-state index in [2.05, 4.69) is 36.2 Å². The van der Waals surface area contributed by atoms with Gasteiger partial charge in [-0.3, -0.25) is 24.4 Å². The minimum Gasteiger partial charge on any atom is -0.379 e. The van der Waals surface area contributed by atoms with Gasteiger partial charge in [0.05, 0.1) is 25.5 Å². The van der Waals surface area contributed by atoms with Crippen LogP contribution in [0.25, 0.3) is 16.9 Å². The highest BCUT2D eigenvalue weighted by Gasteiger charge is 2.23. The Labute approximate surface area is 219 Å². The lowest BCUT2D eigenvalue weighted by molar-refractivity contribution is -0.137. The van der Waals surface area contributed by atoms with Crippen molar-refractivity contribution in [3.63, 3.8) is 0 Å². The molecule has 2 aromatic carbocycles. The molecule has 0 spiro atoms. The summed E-state index contributed by atoms with van der Waals surface area (Å²) in [4.78, 5) is 34.9. The fraction of sp³-hybridized carbons (Fsp3) is 0.414. The van der Waals surface area contributed by atoms with E-state index < -0.39 is 0 Å². The molecular formula is C29H37N5O3. The number of hydrogen-bond acceptors (Lipinski definition) is 5. The molecule has 1 fully saturated rings. The minimum atomic E-state index is -0.272. The fourth-order valence-electron chi connectivity index (χ4n) is 4.35. The largest absolute Gasteiger partial charge is 0.379 e. The van der Waals surface area contributed by atoms with Crippen LogP contribution in [0.4, 0.5) is 5.95 Å². The van der Waals surface area contributed by atoms with Crippen molar-refractivity contribution in [3.05, 3.63) is 65.9 Å². The smallest absolute Gasteiger partial charge is 0.246 e. The Morgan fingerprint density at radius 3 is 2.46 bits per heavy atom. The number of aryl methyl sites for hydroxylation is 2. The number of aromatic nitrogens is 2. The first kappa shape index (κ1) is 26.6. The van der Waals surface area contributed by atoms with Crippen LogP contribution in [0.2, 0.25) is 0 Å². The molecule has 0 atom stereocenters. The number of benzene rings is 2. The normalized spacial score (nSPS) is 14.1. The topological polar surface area (TPSA) is 79.7 Å². The number of anilines is 1. The monoisotopic (exact) mass is 503 g/mol. The molecular weight excluding hydrogens is 466 g/mol. The van der Waals surface area contributed by atoms with Crippen LogP contribution in [0, 0.1) is 19.8 Å². The maximum absolute atomic E-state index is 13.3. The van der Waals surface area contributed by atoms with Crippen LogP contribution in [0.15, 0.2) is 54.7 Å². The number of ether oxygens (including phenoxy) is 1. The van der Waals surface area contributed by atoms with E-state index in [0.29, 0.717) is 32.3 Å². The van der Waals surface area contributed by atoms with Crippen molar-refractivity contribution in [2.45, 2.75) is 27.7 Å².